The van der Waals surface area contributed by atoms with Crippen LogP contribution in [-0.4, -0.2) is 62.5 Å². The van der Waals surface area contributed by atoms with Crippen molar-refractivity contribution in [3.8, 4) is 5.75 Å². The lowest BCUT2D eigenvalue weighted by Crippen LogP contribution is -2.56. The van der Waals surface area contributed by atoms with Gasteiger partial charge in [0.2, 0.25) is 0 Å². The summed E-state index contributed by atoms with van der Waals surface area (Å²) in [4.78, 5) is 14.2. The second kappa shape index (κ2) is 9.11. The van der Waals surface area contributed by atoms with Crippen LogP contribution in [0.3, 0.4) is 0 Å². The first-order chi connectivity index (χ1) is 11.5. The number of benzene rings is 1. The van der Waals surface area contributed by atoms with Gasteiger partial charge in [-0.1, -0.05) is 17.7 Å². The predicted molar refractivity (Wildman–Crippen MR) is 94.8 cm³/mol. The first-order valence-corrected chi connectivity index (χ1v) is 8.58. The van der Waals surface area contributed by atoms with Gasteiger partial charge < -0.3 is 20.1 Å². The highest BCUT2D eigenvalue weighted by Crippen LogP contribution is 2.17. The molecule has 6 nitrogen and oxygen atoms in total. The van der Waals surface area contributed by atoms with E-state index in [-0.39, 0.29) is 11.6 Å². The van der Waals surface area contributed by atoms with Gasteiger partial charge in [-0.05, 0) is 32.0 Å². The lowest BCUT2D eigenvalue weighted by molar-refractivity contribution is -0.00874. The average molecular weight is 356 g/mol. The van der Waals surface area contributed by atoms with Crippen molar-refractivity contribution in [3.05, 3.63) is 29.3 Å². The van der Waals surface area contributed by atoms with Gasteiger partial charge in [-0.25, -0.2) is 4.79 Å². The molecule has 1 heterocycles. The third-order valence-electron chi connectivity index (χ3n) is 4.00. The molecule has 0 aliphatic carbocycles. The molecular formula is C17H26ClN3O3. The van der Waals surface area contributed by atoms with Gasteiger partial charge in [0.05, 0.1) is 19.8 Å². The molecule has 0 bridgehead atoms. The number of rotatable bonds is 7. The Morgan fingerprint density at radius 1 is 1.33 bits per heavy atom. The summed E-state index contributed by atoms with van der Waals surface area (Å²) < 4.78 is 10.9. The largest absolute Gasteiger partial charge is 0.492 e. The monoisotopic (exact) mass is 355 g/mol. The van der Waals surface area contributed by atoms with Crippen LogP contribution in [0.1, 0.15) is 13.8 Å². The van der Waals surface area contributed by atoms with Gasteiger partial charge in [0, 0.05) is 30.2 Å². The van der Waals surface area contributed by atoms with Gasteiger partial charge in [-0.2, -0.15) is 0 Å². The molecule has 1 aliphatic rings. The number of halogens is 1. The minimum absolute atomic E-state index is 0.0988. The summed E-state index contributed by atoms with van der Waals surface area (Å²) in [5.74, 6) is 0.693. The molecule has 1 aromatic rings. The third-order valence-corrected chi connectivity index (χ3v) is 4.24. The van der Waals surface area contributed by atoms with Crippen LogP contribution in [0.2, 0.25) is 5.02 Å². The molecule has 2 N–H and O–H groups in total. The highest BCUT2D eigenvalue weighted by atomic mass is 35.5. The van der Waals surface area contributed by atoms with Crippen LogP contribution in [-0.2, 0) is 4.74 Å². The maximum Gasteiger partial charge on any atom is 0.314 e. The van der Waals surface area contributed by atoms with Gasteiger partial charge in [0.25, 0.3) is 0 Å². The summed E-state index contributed by atoms with van der Waals surface area (Å²) in [6.07, 6.45) is 0. The van der Waals surface area contributed by atoms with Crippen molar-refractivity contribution in [2.24, 2.45) is 0 Å². The second-order valence-electron chi connectivity index (χ2n) is 6.33. The van der Waals surface area contributed by atoms with Crippen molar-refractivity contribution in [2.45, 2.75) is 19.4 Å². The van der Waals surface area contributed by atoms with Crippen molar-refractivity contribution in [2.75, 3.05) is 46.0 Å². The molecule has 134 valence electrons. The molecule has 0 unspecified atom stereocenters. The number of urea groups is 1. The smallest absolute Gasteiger partial charge is 0.314 e. The second-order valence-corrected chi connectivity index (χ2v) is 6.76. The Hall–Kier alpha value is -1.50. The SMILES string of the molecule is CC(C)(CNC(=O)NCCOc1cccc(Cl)c1)N1CCOCC1. The summed E-state index contributed by atoms with van der Waals surface area (Å²) in [5.41, 5.74) is -0.0988. The van der Waals surface area contributed by atoms with E-state index in [1.54, 1.807) is 12.1 Å². The first kappa shape index (κ1) is 18.8. The summed E-state index contributed by atoms with van der Waals surface area (Å²) in [7, 11) is 0. The minimum Gasteiger partial charge on any atom is -0.492 e. The maximum atomic E-state index is 11.9. The zero-order valence-electron chi connectivity index (χ0n) is 14.3. The van der Waals surface area contributed by atoms with E-state index in [2.05, 4.69) is 29.4 Å². The van der Waals surface area contributed by atoms with Gasteiger partial charge in [0.1, 0.15) is 12.4 Å². The van der Waals surface area contributed by atoms with Crippen LogP contribution in [0, 0.1) is 0 Å². The van der Waals surface area contributed by atoms with Crippen molar-refractivity contribution >= 4 is 17.6 Å². The van der Waals surface area contributed by atoms with Crippen molar-refractivity contribution in [1.82, 2.24) is 15.5 Å². The lowest BCUT2D eigenvalue weighted by atomic mass is 10.0. The topological polar surface area (TPSA) is 62.8 Å². The van der Waals surface area contributed by atoms with Crippen LogP contribution >= 0.6 is 11.6 Å². The lowest BCUT2D eigenvalue weighted by Gasteiger charge is -2.40. The molecule has 0 atom stereocenters. The van der Waals surface area contributed by atoms with E-state index in [9.17, 15) is 4.79 Å². The fourth-order valence-electron chi connectivity index (χ4n) is 2.53. The minimum atomic E-state index is -0.189. The van der Waals surface area contributed by atoms with E-state index in [0.29, 0.717) is 30.5 Å². The maximum absolute atomic E-state index is 11.9. The quantitative estimate of drug-likeness (QED) is 0.735. The van der Waals surface area contributed by atoms with Gasteiger partial charge in [0.15, 0.2) is 0 Å². The van der Waals surface area contributed by atoms with E-state index < -0.39 is 0 Å². The van der Waals surface area contributed by atoms with Crippen LogP contribution in [0.15, 0.2) is 24.3 Å². The summed E-state index contributed by atoms with van der Waals surface area (Å²) in [5, 5.41) is 6.34. The number of nitrogens with one attached hydrogen (secondary N) is 2. The highest BCUT2D eigenvalue weighted by Gasteiger charge is 2.28. The Morgan fingerprint density at radius 2 is 2.08 bits per heavy atom. The number of hydrogen-bond acceptors (Lipinski definition) is 4. The predicted octanol–water partition coefficient (Wildman–Crippen LogP) is 2.13. The number of carbonyl (C=O) groups excluding carboxylic acids is 1. The van der Waals surface area contributed by atoms with E-state index in [0.717, 1.165) is 26.3 Å². The molecule has 1 aromatic carbocycles. The van der Waals surface area contributed by atoms with E-state index in [4.69, 9.17) is 21.1 Å². The number of ether oxygens (including phenoxy) is 2. The fraction of sp³-hybridized carbons (Fsp3) is 0.588. The average Bonchev–Trinajstić information content (AvgIpc) is 2.58. The summed E-state index contributed by atoms with van der Waals surface area (Å²) in [6.45, 7) is 8.92. The molecular weight excluding hydrogens is 330 g/mol. The summed E-state index contributed by atoms with van der Waals surface area (Å²) >= 11 is 5.88. The van der Waals surface area contributed by atoms with E-state index in [1.807, 2.05) is 12.1 Å². The number of carbonyl (C=O) groups is 1. The Labute approximate surface area is 148 Å². The standard InChI is InChI=1S/C17H26ClN3O3/c1-17(2,21-7-10-23-11-8-21)13-20-16(22)19-6-9-24-15-5-3-4-14(18)12-15/h3-5,12H,6-11,13H2,1-2H3,(H2,19,20,22). The molecule has 0 saturated carbocycles. The Balaban J connectivity index is 1.62. The molecule has 1 aliphatic heterocycles. The van der Waals surface area contributed by atoms with Crippen molar-refractivity contribution in [3.63, 3.8) is 0 Å². The van der Waals surface area contributed by atoms with Crippen molar-refractivity contribution in [1.29, 1.82) is 0 Å². The molecule has 1 fully saturated rings. The molecule has 0 spiro atoms. The molecule has 24 heavy (non-hydrogen) atoms. The molecule has 2 amide bonds. The summed E-state index contributed by atoms with van der Waals surface area (Å²) in [6, 6.07) is 7.00. The van der Waals surface area contributed by atoms with E-state index >= 15 is 0 Å². The molecule has 0 radical (unpaired) electrons. The Bertz CT molecular complexity index is 534. The fourth-order valence-corrected chi connectivity index (χ4v) is 2.71. The normalized spacial score (nSPS) is 15.8. The number of amides is 2. The van der Waals surface area contributed by atoms with Crippen molar-refractivity contribution < 1.29 is 14.3 Å². The van der Waals surface area contributed by atoms with Crippen LogP contribution in [0.4, 0.5) is 4.79 Å². The van der Waals surface area contributed by atoms with Gasteiger partial charge in [-0.3, -0.25) is 4.90 Å². The highest BCUT2D eigenvalue weighted by molar-refractivity contribution is 6.30. The Morgan fingerprint density at radius 3 is 2.79 bits per heavy atom. The number of morpholine rings is 1. The number of nitrogens with zero attached hydrogens (tertiary/aromatic N) is 1. The van der Waals surface area contributed by atoms with Crippen LogP contribution in [0.5, 0.6) is 5.75 Å². The zero-order chi connectivity index (χ0) is 17.4. The van der Waals surface area contributed by atoms with Gasteiger partial charge >= 0.3 is 6.03 Å². The molecule has 1 saturated heterocycles. The Kier molecular flexibility index (Phi) is 7.15. The van der Waals surface area contributed by atoms with Gasteiger partial charge in [-0.15, -0.1) is 0 Å². The number of hydrogen-bond donors (Lipinski definition) is 2. The van der Waals surface area contributed by atoms with Crippen LogP contribution < -0.4 is 15.4 Å². The van der Waals surface area contributed by atoms with Crippen LogP contribution in [0.25, 0.3) is 0 Å². The molecule has 0 aromatic heterocycles. The first-order valence-electron chi connectivity index (χ1n) is 8.20. The molecule has 2 rings (SSSR count). The third kappa shape index (κ3) is 6.19. The molecule has 7 heteroatoms. The van der Waals surface area contributed by atoms with E-state index in [1.165, 1.54) is 0 Å². The zero-order valence-corrected chi connectivity index (χ0v) is 15.1.